The summed E-state index contributed by atoms with van der Waals surface area (Å²) in [6.07, 6.45) is 0. The van der Waals surface area contributed by atoms with Crippen LogP contribution in [0.1, 0.15) is 31.3 Å². The molecule has 112 valence electrons. The van der Waals surface area contributed by atoms with Crippen LogP contribution in [0.5, 0.6) is 0 Å². The zero-order valence-electron chi connectivity index (χ0n) is 11.9. The van der Waals surface area contributed by atoms with E-state index in [0.29, 0.717) is 0 Å². The van der Waals surface area contributed by atoms with E-state index >= 15 is 0 Å². The van der Waals surface area contributed by atoms with E-state index in [1.807, 2.05) is 16.8 Å². The Morgan fingerprint density at radius 1 is 1.33 bits per heavy atom. The van der Waals surface area contributed by atoms with Crippen molar-refractivity contribution in [2.24, 2.45) is 5.41 Å². The van der Waals surface area contributed by atoms with Gasteiger partial charge in [-0.2, -0.15) is 11.3 Å². The molecule has 21 heavy (non-hydrogen) atoms. The largest absolute Gasteiger partial charge is 0.480 e. The molecule has 1 unspecified atom stereocenters. The third-order valence-electron chi connectivity index (χ3n) is 2.89. The van der Waals surface area contributed by atoms with E-state index in [4.69, 9.17) is 0 Å². The molecule has 2 heterocycles. The number of hydrogen-bond acceptors (Lipinski definition) is 5. The van der Waals surface area contributed by atoms with E-state index in [-0.39, 0.29) is 5.69 Å². The summed E-state index contributed by atoms with van der Waals surface area (Å²) in [6, 6.07) is 0.969. The van der Waals surface area contributed by atoms with Gasteiger partial charge in [-0.25, -0.2) is 9.78 Å². The molecule has 0 saturated carbocycles. The normalized spacial score (nSPS) is 12.9. The topological polar surface area (TPSA) is 79.3 Å². The number of thiazole rings is 1. The van der Waals surface area contributed by atoms with Gasteiger partial charge >= 0.3 is 5.97 Å². The first-order valence-electron chi connectivity index (χ1n) is 6.31. The summed E-state index contributed by atoms with van der Waals surface area (Å²) in [4.78, 5) is 27.7. The molecule has 2 aromatic heterocycles. The number of carbonyl (C=O) groups is 2. The molecule has 5 nitrogen and oxygen atoms in total. The van der Waals surface area contributed by atoms with Crippen molar-refractivity contribution in [2.75, 3.05) is 0 Å². The van der Waals surface area contributed by atoms with Gasteiger partial charge in [0.25, 0.3) is 5.91 Å². The fourth-order valence-corrected chi connectivity index (χ4v) is 3.26. The lowest BCUT2D eigenvalue weighted by Crippen LogP contribution is -2.49. The van der Waals surface area contributed by atoms with E-state index in [0.717, 1.165) is 10.6 Å². The summed E-state index contributed by atoms with van der Waals surface area (Å²) in [7, 11) is 0. The Hall–Kier alpha value is -1.73. The van der Waals surface area contributed by atoms with Crippen LogP contribution in [-0.2, 0) is 4.79 Å². The van der Waals surface area contributed by atoms with Crippen LogP contribution < -0.4 is 5.32 Å². The van der Waals surface area contributed by atoms with Gasteiger partial charge in [-0.1, -0.05) is 20.8 Å². The molecular weight excluding hydrogens is 308 g/mol. The van der Waals surface area contributed by atoms with Gasteiger partial charge in [0.2, 0.25) is 0 Å². The number of carboxylic acids is 1. The Morgan fingerprint density at radius 2 is 2.05 bits per heavy atom. The maximum atomic E-state index is 12.2. The third-order valence-corrected chi connectivity index (χ3v) is 4.47. The van der Waals surface area contributed by atoms with E-state index in [2.05, 4.69) is 10.3 Å². The molecule has 0 radical (unpaired) electrons. The van der Waals surface area contributed by atoms with Gasteiger partial charge in [0.1, 0.15) is 16.7 Å². The minimum atomic E-state index is -1.05. The molecule has 1 amide bonds. The lowest BCUT2D eigenvalue weighted by molar-refractivity contribution is -0.142. The molecule has 0 spiro atoms. The molecule has 0 aliphatic heterocycles. The van der Waals surface area contributed by atoms with Crippen molar-refractivity contribution in [1.29, 1.82) is 0 Å². The second kappa shape index (κ2) is 5.95. The number of nitrogens with zero attached hydrogens (tertiary/aromatic N) is 1. The molecule has 1 atom stereocenters. The number of carbonyl (C=O) groups excluding carboxylic acids is 1. The molecule has 0 fully saturated rings. The van der Waals surface area contributed by atoms with Crippen molar-refractivity contribution >= 4 is 34.6 Å². The maximum Gasteiger partial charge on any atom is 0.326 e. The first kappa shape index (κ1) is 15.7. The number of hydrogen-bond donors (Lipinski definition) is 2. The van der Waals surface area contributed by atoms with E-state index in [1.165, 1.54) is 11.3 Å². The Bertz CT molecular complexity index is 641. The van der Waals surface area contributed by atoms with Gasteiger partial charge in [0.05, 0.1) is 0 Å². The van der Waals surface area contributed by atoms with Crippen LogP contribution >= 0.6 is 22.7 Å². The van der Waals surface area contributed by atoms with Crippen molar-refractivity contribution < 1.29 is 14.7 Å². The van der Waals surface area contributed by atoms with Gasteiger partial charge in [-0.15, -0.1) is 11.3 Å². The summed E-state index contributed by atoms with van der Waals surface area (Å²) < 4.78 is 0. The number of nitrogens with one attached hydrogen (secondary N) is 1. The monoisotopic (exact) mass is 324 g/mol. The summed E-state index contributed by atoms with van der Waals surface area (Å²) in [5.74, 6) is -1.51. The van der Waals surface area contributed by atoms with Crippen LogP contribution in [0.3, 0.4) is 0 Å². The highest BCUT2D eigenvalue weighted by molar-refractivity contribution is 7.14. The third kappa shape index (κ3) is 3.68. The first-order valence-corrected chi connectivity index (χ1v) is 8.13. The predicted molar refractivity (Wildman–Crippen MR) is 83.8 cm³/mol. The van der Waals surface area contributed by atoms with Crippen LogP contribution in [0.2, 0.25) is 0 Å². The van der Waals surface area contributed by atoms with Crippen molar-refractivity contribution in [3.63, 3.8) is 0 Å². The Labute approximate surface area is 130 Å². The molecule has 0 bridgehead atoms. The molecule has 2 rings (SSSR count). The summed E-state index contributed by atoms with van der Waals surface area (Å²) >= 11 is 2.92. The van der Waals surface area contributed by atoms with Crippen molar-refractivity contribution in [3.05, 3.63) is 27.9 Å². The molecule has 2 N–H and O–H groups in total. The van der Waals surface area contributed by atoms with Gasteiger partial charge < -0.3 is 10.4 Å². The Morgan fingerprint density at radius 3 is 2.57 bits per heavy atom. The van der Waals surface area contributed by atoms with Crippen LogP contribution in [0.4, 0.5) is 0 Å². The molecule has 0 aromatic carbocycles. The zero-order valence-corrected chi connectivity index (χ0v) is 13.5. The molecular formula is C14H16N2O3S2. The predicted octanol–water partition coefficient (Wildman–Crippen LogP) is 3.10. The number of rotatable bonds is 4. The standard InChI is InChI=1S/C14H16N2O3S2/c1-14(2,3)10(13(18)19)16-11(17)9-7-21-12(15-9)8-4-5-20-6-8/h4-7,10H,1-3H3,(H,16,17)(H,18,19). The quantitative estimate of drug-likeness (QED) is 0.905. The average Bonchev–Trinajstić information content (AvgIpc) is 3.03. The highest BCUT2D eigenvalue weighted by atomic mass is 32.1. The van der Waals surface area contributed by atoms with Crippen LogP contribution in [0.15, 0.2) is 22.2 Å². The van der Waals surface area contributed by atoms with Crippen LogP contribution in [-0.4, -0.2) is 28.0 Å². The van der Waals surface area contributed by atoms with Crippen LogP contribution in [0.25, 0.3) is 10.6 Å². The number of aromatic nitrogens is 1. The van der Waals surface area contributed by atoms with Gasteiger partial charge in [0.15, 0.2) is 0 Å². The highest BCUT2D eigenvalue weighted by Gasteiger charge is 2.33. The SMILES string of the molecule is CC(C)(C)C(NC(=O)c1csc(-c2ccsc2)n1)C(=O)O. The van der Waals surface area contributed by atoms with Gasteiger partial charge in [0, 0.05) is 16.3 Å². The lowest BCUT2D eigenvalue weighted by Gasteiger charge is -2.27. The number of aliphatic carboxylic acids is 1. The second-order valence-electron chi connectivity index (χ2n) is 5.66. The minimum Gasteiger partial charge on any atom is -0.480 e. The Balaban J connectivity index is 2.15. The minimum absolute atomic E-state index is 0.247. The fraction of sp³-hybridized carbons (Fsp3) is 0.357. The average molecular weight is 324 g/mol. The van der Waals surface area contributed by atoms with Gasteiger partial charge in [-0.05, 0) is 16.9 Å². The van der Waals surface area contributed by atoms with E-state index < -0.39 is 23.3 Å². The van der Waals surface area contributed by atoms with Crippen molar-refractivity contribution in [3.8, 4) is 10.6 Å². The molecule has 2 aromatic rings. The molecule has 0 saturated heterocycles. The summed E-state index contributed by atoms with van der Waals surface area (Å²) in [6.45, 7) is 5.30. The maximum absolute atomic E-state index is 12.2. The van der Waals surface area contributed by atoms with Crippen molar-refractivity contribution in [1.82, 2.24) is 10.3 Å². The summed E-state index contributed by atoms with van der Waals surface area (Å²) in [5.41, 5.74) is 0.639. The van der Waals surface area contributed by atoms with E-state index in [9.17, 15) is 14.7 Å². The smallest absolute Gasteiger partial charge is 0.326 e. The highest BCUT2D eigenvalue weighted by Crippen LogP contribution is 2.26. The lowest BCUT2D eigenvalue weighted by atomic mass is 9.87. The Kier molecular flexibility index (Phi) is 4.43. The van der Waals surface area contributed by atoms with E-state index in [1.54, 1.807) is 37.5 Å². The second-order valence-corrected chi connectivity index (χ2v) is 7.30. The number of carboxylic acid groups (broad SMARTS) is 1. The molecule has 7 heteroatoms. The van der Waals surface area contributed by atoms with Crippen molar-refractivity contribution in [2.45, 2.75) is 26.8 Å². The molecule has 0 aliphatic carbocycles. The first-order chi connectivity index (χ1) is 9.79. The summed E-state index contributed by atoms with van der Waals surface area (Å²) in [5, 5.41) is 18.1. The fourth-order valence-electron chi connectivity index (χ4n) is 1.75. The van der Waals surface area contributed by atoms with Gasteiger partial charge in [-0.3, -0.25) is 4.79 Å². The molecule has 0 aliphatic rings. The van der Waals surface area contributed by atoms with Crippen LogP contribution in [0, 0.1) is 5.41 Å². The zero-order chi connectivity index (χ0) is 15.6. The number of thiophene rings is 1. The number of amides is 1.